The molecule has 3 aromatic rings. The van der Waals surface area contributed by atoms with Crippen molar-refractivity contribution in [3.63, 3.8) is 0 Å². The Hall–Kier alpha value is -2.39. The molecule has 25 heavy (non-hydrogen) atoms. The summed E-state index contributed by atoms with van der Waals surface area (Å²) in [6.45, 7) is 2.68. The summed E-state index contributed by atoms with van der Waals surface area (Å²) in [5.41, 5.74) is 3.48. The van der Waals surface area contributed by atoms with E-state index in [0.29, 0.717) is 10.6 Å². The zero-order valence-electron chi connectivity index (χ0n) is 14.1. The van der Waals surface area contributed by atoms with Crippen LogP contribution in [-0.4, -0.2) is 22.3 Å². The number of halogens is 1. The van der Waals surface area contributed by atoms with Crippen LogP contribution in [0.3, 0.4) is 0 Å². The maximum Gasteiger partial charge on any atom is 0.256 e. The molecule has 126 valence electrons. The lowest BCUT2D eigenvalue weighted by Gasteiger charge is -2.26. The fourth-order valence-electron chi connectivity index (χ4n) is 3.65. The van der Waals surface area contributed by atoms with Crippen molar-refractivity contribution in [2.45, 2.75) is 25.8 Å². The Bertz CT molecular complexity index is 939. The van der Waals surface area contributed by atoms with Gasteiger partial charge in [-0.1, -0.05) is 41.9 Å². The SMILES string of the molecule is Cc1nc2ccc(Cl)cc2cc1C(=O)N1CCC[C@H]1c1ccccc1. The quantitative estimate of drug-likeness (QED) is 0.638. The summed E-state index contributed by atoms with van der Waals surface area (Å²) in [5.74, 6) is 0.0539. The summed E-state index contributed by atoms with van der Waals surface area (Å²) >= 11 is 6.10. The Morgan fingerprint density at radius 2 is 1.96 bits per heavy atom. The summed E-state index contributed by atoms with van der Waals surface area (Å²) in [7, 11) is 0. The smallest absolute Gasteiger partial charge is 0.256 e. The standard InChI is InChI=1S/C21H19ClN2O/c1-14-18(13-16-12-17(22)9-10-19(16)23-14)21(25)24-11-5-8-20(24)15-6-3-2-4-7-15/h2-4,6-7,9-10,12-13,20H,5,8,11H2,1H3/t20-/m0/s1. The second kappa shape index (κ2) is 6.49. The van der Waals surface area contributed by atoms with E-state index in [2.05, 4.69) is 17.1 Å². The largest absolute Gasteiger partial charge is 0.332 e. The first-order valence-electron chi connectivity index (χ1n) is 8.56. The van der Waals surface area contributed by atoms with Gasteiger partial charge in [-0.05, 0) is 49.6 Å². The molecule has 2 aromatic carbocycles. The third-order valence-electron chi connectivity index (χ3n) is 4.90. The van der Waals surface area contributed by atoms with Crippen LogP contribution in [0, 0.1) is 6.92 Å². The van der Waals surface area contributed by atoms with E-state index in [1.54, 1.807) is 0 Å². The van der Waals surface area contributed by atoms with Gasteiger partial charge in [-0.2, -0.15) is 0 Å². The van der Waals surface area contributed by atoms with Crippen molar-refractivity contribution < 1.29 is 4.79 Å². The number of hydrogen-bond acceptors (Lipinski definition) is 2. The van der Waals surface area contributed by atoms with E-state index < -0.39 is 0 Å². The van der Waals surface area contributed by atoms with Gasteiger partial charge < -0.3 is 4.90 Å². The number of fused-ring (bicyclic) bond motifs is 1. The van der Waals surface area contributed by atoms with Gasteiger partial charge in [0.1, 0.15) is 0 Å². The first-order valence-corrected chi connectivity index (χ1v) is 8.94. The number of hydrogen-bond donors (Lipinski definition) is 0. The van der Waals surface area contributed by atoms with Gasteiger partial charge in [-0.15, -0.1) is 0 Å². The van der Waals surface area contributed by atoms with E-state index in [0.717, 1.165) is 36.0 Å². The summed E-state index contributed by atoms with van der Waals surface area (Å²) in [4.78, 5) is 19.8. The highest BCUT2D eigenvalue weighted by Gasteiger charge is 2.31. The summed E-state index contributed by atoms with van der Waals surface area (Å²) in [6, 6.07) is 17.9. The van der Waals surface area contributed by atoms with Crippen molar-refractivity contribution in [3.8, 4) is 0 Å². The molecule has 1 aromatic heterocycles. The maximum atomic E-state index is 13.2. The number of nitrogens with zero attached hydrogens (tertiary/aromatic N) is 2. The molecule has 1 aliphatic rings. The highest BCUT2D eigenvalue weighted by molar-refractivity contribution is 6.31. The topological polar surface area (TPSA) is 33.2 Å². The van der Waals surface area contributed by atoms with E-state index in [9.17, 15) is 4.79 Å². The lowest BCUT2D eigenvalue weighted by atomic mass is 10.0. The molecule has 1 saturated heterocycles. The molecule has 0 saturated carbocycles. The summed E-state index contributed by atoms with van der Waals surface area (Å²) in [5, 5.41) is 1.55. The van der Waals surface area contributed by atoms with Crippen LogP contribution in [0.2, 0.25) is 5.02 Å². The van der Waals surface area contributed by atoms with Gasteiger partial charge in [0.25, 0.3) is 5.91 Å². The predicted molar refractivity (Wildman–Crippen MR) is 101 cm³/mol. The molecular formula is C21H19ClN2O. The Balaban J connectivity index is 1.72. The zero-order chi connectivity index (χ0) is 17.4. The predicted octanol–water partition coefficient (Wildman–Crippen LogP) is 5.17. The number of rotatable bonds is 2. The van der Waals surface area contributed by atoms with Crippen LogP contribution < -0.4 is 0 Å². The molecule has 4 heteroatoms. The molecule has 1 atom stereocenters. The Morgan fingerprint density at radius 1 is 1.16 bits per heavy atom. The van der Waals surface area contributed by atoms with Crippen LogP contribution in [0.1, 0.15) is 40.5 Å². The third kappa shape index (κ3) is 3.00. The molecule has 0 spiro atoms. The fourth-order valence-corrected chi connectivity index (χ4v) is 3.83. The van der Waals surface area contributed by atoms with Crippen LogP contribution in [0.5, 0.6) is 0 Å². The average Bonchev–Trinajstić information content (AvgIpc) is 3.11. The number of benzene rings is 2. The number of carbonyl (C=O) groups is 1. The molecule has 1 aliphatic heterocycles. The van der Waals surface area contributed by atoms with E-state index in [4.69, 9.17) is 11.6 Å². The summed E-state index contributed by atoms with van der Waals surface area (Å²) < 4.78 is 0. The normalized spacial score (nSPS) is 17.2. The van der Waals surface area contributed by atoms with Gasteiger partial charge in [-0.3, -0.25) is 9.78 Å². The minimum Gasteiger partial charge on any atom is -0.332 e. The van der Waals surface area contributed by atoms with Crippen LogP contribution in [0.25, 0.3) is 10.9 Å². The van der Waals surface area contributed by atoms with Crippen LogP contribution in [-0.2, 0) is 0 Å². The highest BCUT2D eigenvalue weighted by Crippen LogP contribution is 2.33. The van der Waals surface area contributed by atoms with Gasteiger partial charge in [0, 0.05) is 17.0 Å². The van der Waals surface area contributed by atoms with Crippen molar-refractivity contribution in [2.75, 3.05) is 6.54 Å². The lowest BCUT2D eigenvalue weighted by molar-refractivity contribution is 0.0734. The number of aryl methyl sites for hydroxylation is 1. The van der Waals surface area contributed by atoms with Crippen molar-refractivity contribution in [2.24, 2.45) is 0 Å². The monoisotopic (exact) mass is 350 g/mol. The van der Waals surface area contributed by atoms with Gasteiger partial charge in [-0.25, -0.2) is 0 Å². The maximum absolute atomic E-state index is 13.2. The second-order valence-electron chi connectivity index (χ2n) is 6.53. The van der Waals surface area contributed by atoms with Gasteiger partial charge in [0.2, 0.25) is 0 Å². The number of amides is 1. The van der Waals surface area contributed by atoms with Crippen LogP contribution >= 0.6 is 11.6 Å². The molecule has 0 aliphatic carbocycles. The fraction of sp³-hybridized carbons (Fsp3) is 0.238. The van der Waals surface area contributed by atoms with E-state index in [1.165, 1.54) is 5.56 Å². The minimum atomic E-state index is 0.0539. The molecule has 0 unspecified atom stereocenters. The van der Waals surface area contributed by atoms with Gasteiger partial charge >= 0.3 is 0 Å². The first kappa shape index (κ1) is 16.1. The first-order chi connectivity index (χ1) is 12.1. The molecule has 3 nitrogen and oxygen atoms in total. The minimum absolute atomic E-state index is 0.0539. The lowest BCUT2D eigenvalue weighted by Crippen LogP contribution is -2.31. The molecule has 2 heterocycles. The second-order valence-corrected chi connectivity index (χ2v) is 6.96. The Kier molecular flexibility index (Phi) is 4.18. The Labute approximate surface area is 152 Å². The van der Waals surface area contributed by atoms with Crippen molar-refractivity contribution in [1.82, 2.24) is 9.88 Å². The molecular weight excluding hydrogens is 332 g/mol. The molecule has 1 fully saturated rings. The molecule has 4 rings (SSSR count). The number of pyridine rings is 1. The van der Waals surface area contributed by atoms with Crippen LogP contribution in [0.15, 0.2) is 54.6 Å². The van der Waals surface area contributed by atoms with Crippen molar-refractivity contribution in [1.29, 1.82) is 0 Å². The highest BCUT2D eigenvalue weighted by atomic mass is 35.5. The molecule has 0 radical (unpaired) electrons. The number of aromatic nitrogens is 1. The average molecular weight is 351 g/mol. The third-order valence-corrected chi connectivity index (χ3v) is 5.13. The molecule has 0 N–H and O–H groups in total. The summed E-state index contributed by atoms with van der Waals surface area (Å²) in [6.07, 6.45) is 2.03. The van der Waals surface area contributed by atoms with Crippen molar-refractivity contribution in [3.05, 3.63) is 76.4 Å². The van der Waals surface area contributed by atoms with Crippen LogP contribution in [0.4, 0.5) is 0 Å². The zero-order valence-corrected chi connectivity index (χ0v) is 14.8. The van der Waals surface area contributed by atoms with Gasteiger partial charge in [0.05, 0.1) is 22.8 Å². The van der Waals surface area contributed by atoms with Crippen molar-refractivity contribution >= 4 is 28.4 Å². The van der Waals surface area contributed by atoms with E-state index in [-0.39, 0.29) is 11.9 Å². The number of likely N-dealkylation sites (tertiary alicyclic amines) is 1. The van der Waals surface area contributed by atoms with E-state index in [1.807, 2.05) is 54.3 Å². The molecule has 0 bridgehead atoms. The number of carbonyl (C=O) groups excluding carboxylic acids is 1. The van der Waals surface area contributed by atoms with Gasteiger partial charge in [0.15, 0.2) is 0 Å². The Morgan fingerprint density at radius 3 is 2.76 bits per heavy atom. The molecule has 1 amide bonds. The van der Waals surface area contributed by atoms with E-state index >= 15 is 0 Å².